The van der Waals surface area contributed by atoms with E-state index in [2.05, 4.69) is 4.98 Å². The molecule has 0 spiro atoms. The summed E-state index contributed by atoms with van der Waals surface area (Å²) in [6.45, 7) is 0.602. The molecule has 1 saturated heterocycles. The highest BCUT2D eigenvalue weighted by Crippen LogP contribution is 2.35. The van der Waals surface area contributed by atoms with Crippen molar-refractivity contribution in [1.82, 2.24) is 4.98 Å². The highest BCUT2D eigenvalue weighted by Gasteiger charge is 2.33. The van der Waals surface area contributed by atoms with E-state index >= 15 is 0 Å². The van der Waals surface area contributed by atoms with Gasteiger partial charge in [-0.05, 0) is 18.9 Å². The second-order valence-corrected chi connectivity index (χ2v) is 5.01. The van der Waals surface area contributed by atoms with Crippen LogP contribution in [0.25, 0.3) is 0 Å². The summed E-state index contributed by atoms with van der Waals surface area (Å²) in [4.78, 5) is 16.1. The van der Waals surface area contributed by atoms with Crippen LogP contribution >= 0.6 is 11.6 Å². The third kappa shape index (κ3) is 3.15. The summed E-state index contributed by atoms with van der Waals surface area (Å²) in [6, 6.07) is 0.916. The van der Waals surface area contributed by atoms with E-state index in [9.17, 15) is 18.0 Å². The average Bonchev–Trinajstić information content (AvgIpc) is 2.38. The molecule has 0 radical (unpaired) electrons. The fourth-order valence-corrected chi connectivity index (χ4v) is 2.43. The van der Waals surface area contributed by atoms with Crippen LogP contribution in [0.15, 0.2) is 12.3 Å². The van der Waals surface area contributed by atoms with Crippen LogP contribution in [0.1, 0.15) is 18.4 Å². The summed E-state index contributed by atoms with van der Waals surface area (Å²) < 4.78 is 38.0. The molecule has 0 amide bonds. The molecule has 8 heteroatoms. The van der Waals surface area contributed by atoms with Gasteiger partial charge < -0.3 is 10.0 Å². The molecule has 1 fully saturated rings. The zero-order valence-electron chi connectivity index (χ0n) is 10.3. The molecule has 1 aliphatic heterocycles. The number of hydrogen-bond donors (Lipinski definition) is 1. The molecular formula is C12H12ClF3N2O2. The van der Waals surface area contributed by atoms with Crippen LogP contribution < -0.4 is 4.90 Å². The number of rotatable bonds is 2. The van der Waals surface area contributed by atoms with Crippen molar-refractivity contribution < 1.29 is 23.1 Å². The molecule has 2 rings (SSSR count). The number of carboxylic acid groups (broad SMARTS) is 1. The Bertz CT molecular complexity index is 522. The number of carboxylic acids is 1. The van der Waals surface area contributed by atoms with Crippen molar-refractivity contribution in [2.75, 3.05) is 18.0 Å². The van der Waals surface area contributed by atoms with Crippen molar-refractivity contribution >= 4 is 23.3 Å². The van der Waals surface area contributed by atoms with Crippen molar-refractivity contribution in [2.24, 2.45) is 5.92 Å². The Balaban J connectivity index is 2.29. The van der Waals surface area contributed by atoms with Crippen LogP contribution in [-0.4, -0.2) is 29.1 Å². The Morgan fingerprint density at radius 1 is 1.50 bits per heavy atom. The van der Waals surface area contributed by atoms with E-state index in [0.717, 1.165) is 6.07 Å². The molecule has 1 aliphatic rings. The van der Waals surface area contributed by atoms with Gasteiger partial charge in [-0.2, -0.15) is 13.2 Å². The fourth-order valence-electron chi connectivity index (χ4n) is 2.21. The molecule has 4 nitrogen and oxygen atoms in total. The number of halogens is 4. The zero-order valence-corrected chi connectivity index (χ0v) is 11.1. The normalized spacial score (nSPS) is 20.0. The maximum atomic E-state index is 12.7. The molecule has 1 atom stereocenters. The lowest BCUT2D eigenvalue weighted by molar-refractivity contribution is -0.142. The Morgan fingerprint density at radius 2 is 2.20 bits per heavy atom. The van der Waals surface area contributed by atoms with Crippen LogP contribution in [0.5, 0.6) is 0 Å². The standard InChI is InChI=1S/C12H12ClF3N2O2/c13-10-9(4-8(5-17-10)12(14,15)16)18-3-1-2-7(6-18)11(19)20/h4-5,7H,1-3,6H2,(H,19,20). The van der Waals surface area contributed by atoms with Gasteiger partial charge in [-0.25, -0.2) is 4.98 Å². The summed E-state index contributed by atoms with van der Waals surface area (Å²) in [6.07, 6.45) is -2.74. The van der Waals surface area contributed by atoms with Gasteiger partial charge in [0.1, 0.15) is 0 Å². The lowest BCUT2D eigenvalue weighted by atomic mass is 9.98. The van der Waals surface area contributed by atoms with Crippen LogP contribution in [-0.2, 0) is 11.0 Å². The number of alkyl halides is 3. The van der Waals surface area contributed by atoms with Crippen molar-refractivity contribution in [3.05, 3.63) is 23.0 Å². The highest BCUT2D eigenvalue weighted by atomic mass is 35.5. The molecule has 2 heterocycles. The monoisotopic (exact) mass is 308 g/mol. The molecule has 0 bridgehead atoms. The molecule has 1 unspecified atom stereocenters. The maximum absolute atomic E-state index is 12.7. The second kappa shape index (κ2) is 5.47. The number of aliphatic carboxylic acids is 1. The largest absolute Gasteiger partial charge is 0.481 e. The predicted molar refractivity (Wildman–Crippen MR) is 66.8 cm³/mol. The molecular weight excluding hydrogens is 297 g/mol. The van der Waals surface area contributed by atoms with E-state index in [4.69, 9.17) is 16.7 Å². The lowest BCUT2D eigenvalue weighted by Crippen LogP contribution is -2.39. The number of carbonyl (C=O) groups is 1. The average molecular weight is 309 g/mol. The van der Waals surface area contributed by atoms with E-state index in [0.29, 0.717) is 25.6 Å². The van der Waals surface area contributed by atoms with E-state index in [-0.39, 0.29) is 17.4 Å². The minimum atomic E-state index is -4.51. The summed E-state index contributed by atoms with van der Waals surface area (Å²) in [5, 5.41) is 8.95. The molecule has 0 aromatic carbocycles. The van der Waals surface area contributed by atoms with Gasteiger partial charge in [0.2, 0.25) is 0 Å². The first-order valence-corrected chi connectivity index (χ1v) is 6.37. The Kier molecular flexibility index (Phi) is 4.08. The number of nitrogens with zero attached hydrogens (tertiary/aromatic N) is 2. The van der Waals surface area contributed by atoms with Crippen molar-refractivity contribution in [1.29, 1.82) is 0 Å². The number of hydrogen-bond acceptors (Lipinski definition) is 3. The predicted octanol–water partition coefficient (Wildman–Crippen LogP) is 3.05. The van der Waals surface area contributed by atoms with E-state index < -0.39 is 23.6 Å². The highest BCUT2D eigenvalue weighted by molar-refractivity contribution is 6.32. The van der Waals surface area contributed by atoms with Crippen LogP contribution in [0.3, 0.4) is 0 Å². The van der Waals surface area contributed by atoms with Gasteiger partial charge in [0.15, 0.2) is 5.15 Å². The molecule has 1 N–H and O–H groups in total. The minimum Gasteiger partial charge on any atom is -0.481 e. The first-order chi connectivity index (χ1) is 9.29. The topological polar surface area (TPSA) is 53.4 Å². The summed E-state index contributed by atoms with van der Waals surface area (Å²) in [7, 11) is 0. The van der Waals surface area contributed by atoms with E-state index in [1.54, 1.807) is 4.90 Å². The van der Waals surface area contributed by atoms with E-state index in [1.165, 1.54) is 0 Å². The van der Waals surface area contributed by atoms with Crippen molar-refractivity contribution in [2.45, 2.75) is 19.0 Å². The molecule has 1 aromatic heterocycles. The number of pyridine rings is 1. The Hall–Kier alpha value is -1.50. The minimum absolute atomic E-state index is 0.0518. The van der Waals surface area contributed by atoms with Gasteiger partial charge >= 0.3 is 12.1 Å². The van der Waals surface area contributed by atoms with Gasteiger partial charge in [-0.1, -0.05) is 11.6 Å². The van der Waals surface area contributed by atoms with Crippen LogP contribution in [0.4, 0.5) is 18.9 Å². The Labute approximate surface area is 118 Å². The smallest absolute Gasteiger partial charge is 0.417 e. The fraction of sp³-hybridized carbons (Fsp3) is 0.500. The third-order valence-corrected chi connectivity index (χ3v) is 3.55. The SMILES string of the molecule is O=C(O)C1CCCN(c2cc(C(F)(F)F)cnc2Cl)C1. The molecule has 0 saturated carbocycles. The Morgan fingerprint density at radius 3 is 2.80 bits per heavy atom. The molecule has 0 aliphatic carbocycles. The van der Waals surface area contributed by atoms with Crippen molar-refractivity contribution in [3.8, 4) is 0 Å². The number of aromatic nitrogens is 1. The van der Waals surface area contributed by atoms with Gasteiger partial charge in [-0.15, -0.1) is 0 Å². The molecule has 20 heavy (non-hydrogen) atoms. The van der Waals surface area contributed by atoms with Crippen LogP contribution in [0, 0.1) is 5.92 Å². The zero-order chi connectivity index (χ0) is 14.9. The summed E-state index contributed by atoms with van der Waals surface area (Å²) in [5.41, 5.74) is -0.762. The first kappa shape index (κ1) is 14.9. The first-order valence-electron chi connectivity index (χ1n) is 5.99. The van der Waals surface area contributed by atoms with Crippen LogP contribution in [0.2, 0.25) is 5.15 Å². The third-order valence-electron chi connectivity index (χ3n) is 3.26. The molecule has 1 aromatic rings. The number of anilines is 1. The number of piperidine rings is 1. The summed E-state index contributed by atoms with van der Waals surface area (Å²) in [5.74, 6) is -1.56. The second-order valence-electron chi connectivity index (χ2n) is 4.66. The van der Waals surface area contributed by atoms with Gasteiger partial charge in [0, 0.05) is 19.3 Å². The summed E-state index contributed by atoms with van der Waals surface area (Å²) >= 11 is 5.84. The molecule has 110 valence electrons. The quantitative estimate of drug-likeness (QED) is 0.853. The van der Waals surface area contributed by atoms with Gasteiger partial charge in [0.25, 0.3) is 0 Å². The van der Waals surface area contributed by atoms with Gasteiger partial charge in [0.05, 0.1) is 17.2 Å². The van der Waals surface area contributed by atoms with E-state index in [1.807, 2.05) is 0 Å². The van der Waals surface area contributed by atoms with Gasteiger partial charge in [-0.3, -0.25) is 4.79 Å². The maximum Gasteiger partial charge on any atom is 0.417 e. The van der Waals surface area contributed by atoms with Crippen molar-refractivity contribution in [3.63, 3.8) is 0 Å². The lowest BCUT2D eigenvalue weighted by Gasteiger charge is -2.33.